The molecule has 0 aliphatic rings. The maximum Gasteiger partial charge on any atom is 0.332 e. The van der Waals surface area contributed by atoms with Crippen LogP contribution in [-0.4, -0.2) is 14.9 Å². The lowest BCUT2D eigenvalue weighted by atomic mass is 10.2. The molecule has 2 rings (SSSR count). The predicted molar refractivity (Wildman–Crippen MR) is 72.3 cm³/mol. The summed E-state index contributed by atoms with van der Waals surface area (Å²) in [4.78, 5) is 18.1. The first-order valence-electron chi connectivity index (χ1n) is 5.57. The molecule has 1 aromatic heterocycles. The van der Waals surface area contributed by atoms with Crippen LogP contribution in [0.15, 0.2) is 24.3 Å². The summed E-state index contributed by atoms with van der Waals surface area (Å²) in [6.45, 7) is 1.47. The van der Waals surface area contributed by atoms with E-state index in [9.17, 15) is 10.1 Å². The van der Waals surface area contributed by atoms with Crippen LogP contribution in [0.3, 0.4) is 0 Å². The Labute approximate surface area is 114 Å². The smallest absolute Gasteiger partial charge is 0.332 e. The van der Waals surface area contributed by atoms with Crippen LogP contribution in [0, 0.1) is 28.4 Å². The zero-order valence-corrected chi connectivity index (χ0v) is 10.5. The molecule has 2 aromatic rings. The lowest BCUT2D eigenvalue weighted by Crippen LogP contribution is -2.07. The third-order valence-electron chi connectivity index (χ3n) is 2.56. The Morgan fingerprint density at radius 1 is 1.40 bits per heavy atom. The van der Waals surface area contributed by atoms with Crippen molar-refractivity contribution in [3.05, 3.63) is 45.6 Å². The molecule has 8 nitrogen and oxygen atoms in total. The van der Waals surface area contributed by atoms with E-state index < -0.39 is 4.92 Å². The number of nitrogens with two attached hydrogens (primary N) is 1. The summed E-state index contributed by atoms with van der Waals surface area (Å²) in [5.74, 6) is -0.118. The number of benzene rings is 1. The summed E-state index contributed by atoms with van der Waals surface area (Å²) >= 11 is 0. The molecule has 1 heterocycles. The van der Waals surface area contributed by atoms with Gasteiger partial charge in [-0.15, -0.1) is 0 Å². The van der Waals surface area contributed by atoms with E-state index in [1.54, 1.807) is 24.3 Å². The van der Waals surface area contributed by atoms with E-state index >= 15 is 0 Å². The second-order valence-corrected chi connectivity index (χ2v) is 3.90. The molecule has 0 saturated carbocycles. The van der Waals surface area contributed by atoms with Crippen LogP contribution in [0.5, 0.6) is 0 Å². The van der Waals surface area contributed by atoms with Gasteiger partial charge in [0, 0.05) is 0 Å². The maximum atomic E-state index is 11.1. The average Bonchev–Trinajstić information content (AvgIpc) is 2.38. The number of rotatable bonds is 3. The van der Waals surface area contributed by atoms with Crippen LogP contribution >= 0.6 is 0 Å². The SMILES string of the molecule is Cc1nc(N)nc(Nc2ccccc2C#N)c1[N+](=O)[O-]. The molecule has 1 aromatic carbocycles. The van der Waals surface area contributed by atoms with Gasteiger partial charge in [0.25, 0.3) is 0 Å². The normalized spacial score (nSPS) is 9.80. The number of anilines is 3. The highest BCUT2D eigenvalue weighted by molar-refractivity contribution is 5.71. The van der Waals surface area contributed by atoms with Crippen LogP contribution in [0.25, 0.3) is 0 Å². The first-order chi connectivity index (χ1) is 9.52. The molecule has 0 spiro atoms. The maximum absolute atomic E-state index is 11.1. The van der Waals surface area contributed by atoms with Crippen LogP contribution in [0.1, 0.15) is 11.3 Å². The van der Waals surface area contributed by atoms with Gasteiger partial charge in [-0.3, -0.25) is 10.1 Å². The lowest BCUT2D eigenvalue weighted by molar-refractivity contribution is -0.385. The Kier molecular flexibility index (Phi) is 3.43. The molecule has 20 heavy (non-hydrogen) atoms. The molecule has 8 heteroatoms. The van der Waals surface area contributed by atoms with E-state index in [1.807, 2.05) is 6.07 Å². The number of nitrogen functional groups attached to an aromatic ring is 1. The minimum absolute atomic E-state index is 0.0392. The van der Waals surface area contributed by atoms with Crippen molar-refractivity contribution in [3.63, 3.8) is 0 Å². The van der Waals surface area contributed by atoms with Gasteiger partial charge < -0.3 is 11.1 Å². The van der Waals surface area contributed by atoms with Crippen molar-refractivity contribution in [2.45, 2.75) is 6.92 Å². The van der Waals surface area contributed by atoms with E-state index in [-0.39, 0.29) is 23.1 Å². The summed E-state index contributed by atoms with van der Waals surface area (Å²) in [7, 11) is 0. The second-order valence-electron chi connectivity index (χ2n) is 3.90. The summed E-state index contributed by atoms with van der Waals surface area (Å²) in [6, 6.07) is 8.59. The van der Waals surface area contributed by atoms with E-state index in [1.165, 1.54) is 6.92 Å². The van der Waals surface area contributed by atoms with Gasteiger partial charge in [0.05, 0.1) is 16.2 Å². The van der Waals surface area contributed by atoms with Gasteiger partial charge in [-0.2, -0.15) is 10.2 Å². The summed E-state index contributed by atoms with van der Waals surface area (Å²) < 4.78 is 0. The molecular formula is C12H10N6O2. The van der Waals surface area contributed by atoms with Crippen molar-refractivity contribution in [1.82, 2.24) is 9.97 Å². The van der Waals surface area contributed by atoms with Crippen molar-refractivity contribution in [2.75, 3.05) is 11.1 Å². The number of nitrogens with zero attached hydrogens (tertiary/aromatic N) is 4. The molecule has 3 N–H and O–H groups in total. The third kappa shape index (κ3) is 2.46. The Bertz CT molecular complexity index is 722. The lowest BCUT2D eigenvalue weighted by Gasteiger charge is -2.09. The molecular weight excluding hydrogens is 260 g/mol. The molecule has 0 fully saturated rings. The fourth-order valence-corrected chi connectivity index (χ4v) is 1.71. The summed E-state index contributed by atoms with van der Waals surface area (Å²) in [5, 5.41) is 22.8. The number of aryl methyl sites for hydroxylation is 1. The fourth-order valence-electron chi connectivity index (χ4n) is 1.71. The second kappa shape index (κ2) is 5.19. The van der Waals surface area contributed by atoms with Gasteiger partial charge >= 0.3 is 5.69 Å². The van der Waals surface area contributed by atoms with Crippen molar-refractivity contribution in [2.24, 2.45) is 0 Å². The molecule has 0 amide bonds. The van der Waals surface area contributed by atoms with Crippen molar-refractivity contribution in [3.8, 4) is 6.07 Å². The molecule has 0 atom stereocenters. The Balaban J connectivity index is 2.54. The highest BCUT2D eigenvalue weighted by Gasteiger charge is 2.22. The largest absolute Gasteiger partial charge is 0.368 e. The first kappa shape index (κ1) is 13.2. The van der Waals surface area contributed by atoms with Gasteiger partial charge in [0.15, 0.2) is 0 Å². The minimum atomic E-state index is -0.591. The Morgan fingerprint density at radius 3 is 2.75 bits per heavy atom. The third-order valence-corrected chi connectivity index (χ3v) is 2.56. The van der Waals surface area contributed by atoms with E-state index in [0.717, 1.165) is 0 Å². The number of para-hydroxylation sites is 1. The average molecular weight is 270 g/mol. The fraction of sp³-hybridized carbons (Fsp3) is 0.0833. The zero-order valence-electron chi connectivity index (χ0n) is 10.5. The quantitative estimate of drug-likeness (QED) is 0.643. The monoisotopic (exact) mass is 270 g/mol. The Hall–Kier alpha value is -3.21. The number of hydrogen-bond donors (Lipinski definition) is 2. The molecule has 0 saturated heterocycles. The van der Waals surface area contributed by atoms with Gasteiger partial charge in [0.1, 0.15) is 11.8 Å². The summed E-state index contributed by atoms with van der Waals surface area (Å²) in [5.41, 5.74) is 6.14. The summed E-state index contributed by atoms with van der Waals surface area (Å²) in [6.07, 6.45) is 0. The standard InChI is InChI=1S/C12H10N6O2/c1-7-10(18(19)20)11(17-12(14)15-7)16-9-5-3-2-4-8(9)6-13/h2-5H,1H3,(H3,14,15,16,17). The van der Waals surface area contributed by atoms with Crippen molar-refractivity contribution >= 4 is 23.1 Å². The van der Waals surface area contributed by atoms with Gasteiger partial charge in [-0.25, -0.2) is 4.98 Å². The number of nitriles is 1. The van der Waals surface area contributed by atoms with E-state index in [4.69, 9.17) is 11.0 Å². The minimum Gasteiger partial charge on any atom is -0.368 e. The molecule has 0 aliphatic carbocycles. The molecule has 0 radical (unpaired) electrons. The van der Waals surface area contributed by atoms with Crippen molar-refractivity contribution < 1.29 is 4.92 Å². The highest BCUT2D eigenvalue weighted by atomic mass is 16.6. The number of nitrogens with one attached hydrogen (secondary N) is 1. The van der Waals surface area contributed by atoms with Gasteiger partial charge in [-0.1, -0.05) is 12.1 Å². The Morgan fingerprint density at radius 2 is 2.10 bits per heavy atom. The van der Waals surface area contributed by atoms with E-state index in [2.05, 4.69) is 15.3 Å². The number of hydrogen-bond acceptors (Lipinski definition) is 7. The van der Waals surface area contributed by atoms with Crippen LogP contribution in [0.4, 0.5) is 23.1 Å². The van der Waals surface area contributed by atoms with Gasteiger partial charge in [0.2, 0.25) is 11.8 Å². The molecule has 100 valence electrons. The van der Waals surface area contributed by atoms with E-state index in [0.29, 0.717) is 11.3 Å². The molecule has 0 bridgehead atoms. The highest BCUT2D eigenvalue weighted by Crippen LogP contribution is 2.29. The molecule has 0 aliphatic heterocycles. The number of nitro groups is 1. The zero-order chi connectivity index (χ0) is 14.7. The van der Waals surface area contributed by atoms with Crippen LogP contribution in [0.2, 0.25) is 0 Å². The predicted octanol–water partition coefficient (Wildman–Crippen LogP) is 1.89. The van der Waals surface area contributed by atoms with Crippen LogP contribution in [-0.2, 0) is 0 Å². The topological polar surface area (TPSA) is 131 Å². The van der Waals surface area contributed by atoms with Gasteiger partial charge in [-0.05, 0) is 19.1 Å². The number of aromatic nitrogens is 2. The van der Waals surface area contributed by atoms with Crippen molar-refractivity contribution in [1.29, 1.82) is 5.26 Å². The first-order valence-corrected chi connectivity index (χ1v) is 5.57. The molecule has 0 unspecified atom stereocenters. The van der Waals surface area contributed by atoms with Crippen LogP contribution < -0.4 is 11.1 Å².